The molecule has 0 unspecified atom stereocenters. The van der Waals surface area contributed by atoms with Gasteiger partial charge in [-0.3, -0.25) is 4.90 Å². The number of ether oxygens (including phenoxy) is 1. The van der Waals surface area contributed by atoms with Gasteiger partial charge in [-0.1, -0.05) is 36.4 Å². The van der Waals surface area contributed by atoms with Gasteiger partial charge in [-0.25, -0.2) is 9.37 Å². The zero-order valence-corrected chi connectivity index (χ0v) is 14.9. The summed E-state index contributed by atoms with van der Waals surface area (Å²) in [5.41, 5.74) is 4.03. The Morgan fingerprint density at radius 3 is 2.65 bits per heavy atom. The lowest BCUT2D eigenvalue weighted by Crippen LogP contribution is -2.33. The molecule has 4 nitrogen and oxygen atoms in total. The quantitative estimate of drug-likeness (QED) is 0.695. The number of benzene rings is 2. The summed E-state index contributed by atoms with van der Waals surface area (Å²) in [7, 11) is 1.68. The molecule has 4 rings (SSSR count). The van der Waals surface area contributed by atoms with Gasteiger partial charge < -0.3 is 9.30 Å². The molecule has 134 valence electrons. The lowest BCUT2D eigenvalue weighted by Gasteiger charge is -2.29. The van der Waals surface area contributed by atoms with Gasteiger partial charge in [0.1, 0.15) is 18.2 Å². The molecule has 0 atom stereocenters. The molecular formula is C21H22FN3O. The molecule has 26 heavy (non-hydrogen) atoms. The van der Waals surface area contributed by atoms with Crippen LogP contribution in [0.25, 0.3) is 11.4 Å². The third kappa shape index (κ3) is 3.22. The Hall–Kier alpha value is -2.66. The highest BCUT2D eigenvalue weighted by Crippen LogP contribution is 2.27. The molecule has 3 aromatic rings. The summed E-state index contributed by atoms with van der Waals surface area (Å²) >= 11 is 0. The van der Waals surface area contributed by atoms with Crippen LogP contribution in [0.5, 0.6) is 5.75 Å². The van der Waals surface area contributed by atoms with E-state index in [0.29, 0.717) is 5.56 Å². The van der Waals surface area contributed by atoms with Crippen molar-refractivity contribution in [2.45, 2.75) is 26.3 Å². The highest BCUT2D eigenvalue weighted by atomic mass is 19.1. The monoisotopic (exact) mass is 351 g/mol. The molecule has 1 aliphatic rings. The van der Waals surface area contributed by atoms with Gasteiger partial charge in [0, 0.05) is 31.7 Å². The Kier molecular flexibility index (Phi) is 4.71. The van der Waals surface area contributed by atoms with Crippen molar-refractivity contribution >= 4 is 0 Å². The maximum Gasteiger partial charge on any atom is 0.140 e. The molecule has 0 radical (unpaired) electrons. The van der Waals surface area contributed by atoms with E-state index in [1.165, 1.54) is 11.3 Å². The van der Waals surface area contributed by atoms with Crippen LogP contribution < -0.4 is 4.74 Å². The number of aromatic nitrogens is 2. The fourth-order valence-corrected chi connectivity index (χ4v) is 3.53. The van der Waals surface area contributed by atoms with Gasteiger partial charge in [-0.05, 0) is 23.3 Å². The Labute approximate surface area is 152 Å². The summed E-state index contributed by atoms with van der Waals surface area (Å²) in [6.07, 6.45) is 1.92. The maximum atomic E-state index is 13.3. The van der Waals surface area contributed by atoms with E-state index in [1.807, 2.05) is 42.6 Å². The summed E-state index contributed by atoms with van der Waals surface area (Å²) in [6.45, 7) is 3.08. The van der Waals surface area contributed by atoms with E-state index >= 15 is 0 Å². The van der Waals surface area contributed by atoms with Gasteiger partial charge in [-0.2, -0.15) is 0 Å². The summed E-state index contributed by atoms with van der Waals surface area (Å²) in [5, 5.41) is 0. The first kappa shape index (κ1) is 16.8. The fourth-order valence-electron chi connectivity index (χ4n) is 3.53. The van der Waals surface area contributed by atoms with E-state index in [9.17, 15) is 4.39 Å². The Balaban J connectivity index is 1.52. The number of methoxy groups -OCH3 is 1. The minimum absolute atomic E-state index is 0.470. The zero-order chi connectivity index (χ0) is 17.9. The van der Waals surface area contributed by atoms with Crippen molar-refractivity contribution in [1.82, 2.24) is 14.5 Å². The molecule has 0 amide bonds. The number of halogens is 1. The van der Waals surface area contributed by atoms with E-state index in [4.69, 9.17) is 4.74 Å². The Bertz CT molecular complexity index is 889. The Morgan fingerprint density at radius 2 is 1.88 bits per heavy atom. The van der Waals surface area contributed by atoms with Crippen LogP contribution >= 0.6 is 0 Å². The van der Waals surface area contributed by atoms with Crippen molar-refractivity contribution in [3.63, 3.8) is 0 Å². The summed E-state index contributed by atoms with van der Waals surface area (Å²) < 4.78 is 20.8. The van der Waals surface area contributed by atoms with Crippen LogP contribution in [0.15, 0.2) is 54.7 Å². The second-order valence-electron chi connectivity index (χ2n) is 6.57. The van der Waals surface area contributed by atoms with E-state index in [1.54, 1.807) is 7.11 Å². The molecule has 2 heterocycles. The number of hydrogen-bond acceptors (Lipinski definition) is 3. The van der Waals surface area contributed by atoms with E-state index in [0.717, 1.165) is 43.3 Å². The number of nitrogens with zero attached hydrogens (tertiary/aromatic N) is 3. The first-order valence-electron chi connectivity index (χ1n) is 8.82. The van der Waals surface area contributed by atoms with Gasteiger partial charge in [-0.15, -0.1) is 0 Å². The van der Waals surface area contributed by atoms with E-state index < -0.39 is 6.67 Å². The normalized spacial score (nSPS) is 14.2. The number of imidazole rings is 1. The SMILES string of the molecule is COc1ccc(CN2CCn3c(cnc3-c3ccccc3CF)C2)cc1. The van der Waals surface area contributed by atoms with Crippen molar-refractivity contribution in [3.8, 4) is 17.1 Å². The standard InChI is InChI=1S/C21H22FN3O/c1-26-19-8-6-16(7-9-19)14-24-10-11-25-18(15-24)13-23-21(25)20-5-3-2-4-17(20)12-22/h2-9,13H,10-12,14-15H2,1H3. The van der Waals surface area contributed by atoms with Gasteiger partial charge in [0.05, 0.1) is 19.0 Å². The summed E-state index contributed by atoms with van der Waals surface area (Å²) in [4.78, 5) is 7.00. The maximum absolute atomic E-state index is 13.3. The second-order valence-corrected chi connectivity index (χ2v) is 6.57. The average Bonchev–Trinajstić information content (AvgIpc) is 3.11. The van der Waals surface area contributed by atoms with Crippen LogP contribution in [0, 0.1) is 0 Å². The highest BCUT2D eigenvalue weighted by Gasteiger charge is 2.21. The molecule has 0 saturated heterocycles. The molecule has 0 fully saturated rings. The number of fused-ring (bicyclic) bond motifs is 1. The first-order chi connectivity index (χ1) is 12.8. The molecule has 1 aliphatic heterocycles. The van der Waals surface area contributed by atoms with Crippen LogP contribution in [-0.2, 0) is 26.3 Å². The molecule has 5 heteroatoms. The molecule has 0 N–H and O–H groups in total. The Morgan fingerprint density at radius 1 is 1.08 bits per heavy atom. The molecule has 0 saturated carbocycles. The van der Waals surface area contributed by atoms with Gasteiger partial charge in [0.25, 0.3) is 0 Å². The molecule has 0 spiro atoms. The largest absolute Gasteiger partial charge is 0.497 e. The zero-order valence-electron chi connectivity index (χ0n) is 14.9. The topological polar surface area (TPSA) is 30.3 Å². The van der Waals surface area contributed by atoms with Gasteiger partial charge in [0.15, 0.2) is 0 Å². The highest BCUT2D eigenvalue weighted by molar-refractivity contribution is 5.61. The van der Waals surface area contributed by atoms with Gasteiger partial charge in [0.2, 0.25) is 0 Å². The van der Waals surface area contributed by atoms with Crippen molar-refractivity contribution in [2.75, 3.05) is 13.7 Å². The number of hydrogen-bond donors (Lipinski definition) is 0. The summed E-state index contributed by atoms with van der Waals surface area (Å²) in [5.74, 6) is 1.75. The number of alkyl halides is 1. The van der Waals surface area contributed by atoms with Crippen LogP contribution in [0.1, 0.15) is 16.8 Å². The first-order valence-corrected chi connectivity index (χ1v) is 8.82. The van der Waals surface area contributed by atoms with Crippen molar-refractivity contribution in [3.05, 3.63) is 71.5 Å². The molecule has 2 aromatic carbocycles. The van der Waals surface area contributed by atoms with E-state index in [2.05, 4.69) is 26.6 Å². The van der Waals surface area contributed by atoms with Crippen molar-refractivity contribution < 1.29 is 9.13 Å². The molecular weight excluding hydrogens is 329 g/mol. The number of rotatable bonds is 5. The predicted molar refractivity (Wildman–Crippen MR) is 99.6 cm³/mol. The third-order valence-corrected chi connectivity index (χ3v) is 4.93. The minimum Gasteiger partial charge on any atom is -0.497 e. The third-order valence-electron chi connectivity index (χ3n) is 4.93. The summed E-state index contributed by atoms with van der Waals surface area (Å²) in [6, 6.07) is 15.8. The molecule has 0 aliphatic carbocycles. The van der Waals surface area contributed by atoms with Crippen molar-refractivity contribution in [2.24, 2.45) is 0 Å². The van der Waals surface area contributed by atoms with Crippen LogP contribution in [-0.4, -0.2) is 28.1 Å². The smallest absolute Gasteiger partial charge is 0.140 e. The molecule has 1 aromatic heterocycles. The fraction of sp³-hybridized carbons (Fsp3) is 0.286. The van der Waals surface area contributed by atoms with Crippen LogP contribution in [0.2, 0.25) is 0 Å². The van der Waals surface area contributed by atoms with Crippen LogP contribution in [0.4, 0.5) is 4.39 Å². The lowest BCUT2D eigenvalue weighted by atomic mass is 10.1. The van der Waals surface area contributed by atoms with Gasteiger partial charge >= 0.3 is 0 Å². The van der Waals surface area contributed by atoms with Crippen molar-refractivity contribution in [1.29, 1.82) is 0 Å². The average molecular weight is 351 g/mol. The lowest BCUT2D eigenvalue weighted by molar-refractivity contribution is 0.214. The molecule has 0 bridgehead atoms. The minimum atomic E-state index is -0.470. The van der Waals surface area contributed by atoms with E-state index in [-0.39, 0.29) is 0 Å². The van der Waals surface area contributed by atoms with Crippen LogP contribution in [0.3, 0.4) is 0 Å². The predicted octanol–water partition coefficient (Wildman–Crippen LogP) is 4.04. The second kappa shape index (κ2) is 7.30.